The Bertz CT molecular complexity index is 160. The van der Waals surface area contributed by atoms with Crippen molar-refractivity contribution in [3.05, 3.63) is 0 Å². The quantitative estimate of drug-likeness (QED) is 0.580. The van der Waals surface area contributed by atoms with Gasteiger partial charge in [-0.05, 0) is 0 Å². The van der Waals surface area contributed by atoms with E-state index < -0.39 is 6.09 Å². The van der Waals surface area contributed by atoms with Crippen LogP contribution in [0.3, 0.4) is 0 Å². The first kappa shape index (κ1) is 10.0. The van der Waals surface area contributed by atoms with E-state index in [1.165, 1.54) is 0 Å². The molecule has 0 fully saturated rings. The summed E-state index contributed by atoms with van der Waals surface area (Å²) in [5.41, 5.74) is 4.01. The highest BCUT2D eigenvalue weighted by Gasteiger charge is 2.07. The molecule has 0 aliphatic rings. The van der Waals surface area contributed by atoms with Crippen LogP contribution in [0.1, 0.15) is 13.8 Å². The summed E-state index contributed by atoms with van der Waals surface area (Å²) in [6, 6.07) is 0. The van der Waals surface area contributed by atoms with Gasteiger partial charge in [-0.25, -0.2) is 10.2 Å². The van der Waals surface area contributed by atoms with Crippen LogP contribution in [0.5, 0.6) is 0 Å². The number of hydrogen-bond acceptors (Lipinski definition) is 3. The summed E-state index contributed by atoms with van der Waals surface area (Å²) in [7, 11) is 0. The lowest BCUT2D eigenvalue weighted by atomic mass is 10.2. The first-order valence-corrected chi connectivity index (χ1v) is 3.27. The van der Waals surface area contributed by atoms with Gasteiger partial charge in [0.15, 0.2) is 0 Å². The van der Waals surface area contributed by atoms with Crippen LogP contribution in [0, 0.1) is 5.92 Å². The molecule has 0 saturated carbocycles. The molecular weight excluding hydrogens is 172 g/mol. The van der Waals surface area contributed by atoms with Gasteiger partial charge in [0.05, 0.1) is 0 Å². The maximum atomic E-state index is 10.7. The normalized spacial score (nSPS) is 9.09. The number of halogens is 1. The number of carbonyl (C=O) groups excluding carboxylic acids is 2. The molecule has 64 valence electrons. The fourth-order valence-electron chi connectivity index (χ4n) is 0.276. The third-order valence-electron chi connectivity index (χ3n) is 0.882. The summed E-state index contributed by atoms with van der Waals surface area (Å²) < 4.78 is 3.69. The van der Waals surface area contributed by atoms with E-state index in [1.807, 2.05) is 5.43 Å². The number of carbonyl (C=O) groups is 2. The van der Waals surface area contributed by atoms with E-state index in [9.17, 15) is 9.59 Å². The van der Waals surface area contributed by atoms with Crippen LogP contribution in [0.25, 0.3) is 0 Å². The number of hydrogen-bond donors (Lipinski definition) is 2. The minimum Gasteiger partial charge on any atom is -0.329 e. The average Bonchev–Trinajstić information content (AvgIpc) is 1.99. The van der Waals surface area contributed by atoms with Crippen LogP contribution in [0.4, 0.5) is 4.79 Å². The number of amides is 2. The van der Waals surface area contributed by atoms with Crippen LogP contribution in [0.15, 0.2) is 0 Å². The zero-order valence-electron chi connectivity index (χ0n) is 6.18. The molecule has 0 unspecified atom stereocenters. The van der Waals surface area contributed by atoms with Crippen molar-refractivity contribution in [2.24, 2.45) is 5.92 Å². The molecule has 0 radical (unpaired) electrons. The van der Waals surface area contributed by atoms with Crippen LogP contribution in [0.2, 0.25) is 0 Å². The second-order valence-electron chi connectivity index (χ2n) is 2.13. The highest BCUT2D eigenvalue weighted by Crippen LogP contribution is 1.88. The minimum absolute atomic E-state index is 0.203. The molecule has 11 heavy (non-hydrogen) atoms. The highest BCUT2D eigenvalue weighted by molar-refractivity contribution is 6.12. The van der Waals surface area contributed by atoms with Crippen LogP contribution >= 0.6 is 11.9 Å². The van der Waals surface area contributed by atoms with Gasteiger partial charge < -0.3 is 4.29 Å². The number of hydrazine groups is 1. The molecule has 0 heterocycles. The van der Waals surface area contributed by atoms with E-state index in [0.29, 0.717) is 0 Å². The van der Waals surface area contributed by atoms with Crippen molar-refractivity contribution in [3.63, 3.8) is 0 Å². The standard InChI is InChI=1S/C5H9ClN2O3/c1-3(2)4(9)7-8-5(10)11-6/h3H,1-2H3,(H,7,9)(H,8,10). The Labute approximate surface area is 69.2 Å². The average molecular weight is 181 g/mol. The lowest BCUT2D eigenvalue weighted by Gasteiger charge is -2.06. The predicted octanol–water partition coefficient (Wildman–Crippen LogP) is 0.554. The van der Waals surface area contributed by atoms with Crippen molar-refractivity contribution >= 4 is 23.9 Å². The first-order valence-electron chi connectivity index (χ1n) is 2.96. The van der Waals surface area contributed by atoms with Crippen LogP contribution < -0.4 is 10.9 Å². The van der Waals surface area contributed by atoms with E-state index in [1.54, 1.807) is 13.8 Å². The zero-order valence-corrected chi connectivity index (χ0v) is 6.94. The maximum absolute atomic E-state index is 10.7. The van der Waals surface area contributed by atoms with Crippen molar-refractivity contribution in [3.8, 4) is 0 Å². The van der Waals surface area contributed by atoms with Gasteiger partial charge in [-0.3, -0.25) is 10.2 Å². The van der Waals surface area contributed by atoms with E-state index in [4.69, 9.17) is 0 Å². The summed E-state index contributed by atoms with van der Waals surface area (Å²) in [5, 5.41) is 0. The molecule has 0 aliphatic heterocycles. The van der Waals surface area contributed by atoms with Crippen molar-refractivity contribution < 1.29 is 13.9 Å². The molecule has 0 spiro atoms. The molecular formula is C5H9ClN2O3. The SMILES string of the molecule is CC(C)C(=O)NNC(=O)OCl. The monoisotopic (exact) mass is 180 g/mol. The molecule has 2 N–H and O–H groups in total. The maximum Gasteiger partial charge on any atom is 0.444 e. The molecule has 0 atom stereocenters. The Kier molecular flexibility index (Phi) is 4.36. The highest BCUT2D eigenvalue weighted by atomic mass is 35.5. The fraction of sp³-hybridized carbons (Fsp3) is 0.600. The number of rotatable bonds is 1. The molecule has 6 heteroatoms. The van der Waals surface area contributed by atoms with E-state index in [0.717, 1.165) is 0 Å². The van der Waals surface area contributed by atoms with Gasteiger partial charge in [-0.1, -0.05) is 13.8 Å². The van der Waals surface area contributed by atoms with Gasteiger partial charge >= 0.3 is 6.09 Å². The molecule has 0 saturated heterocycles. The molecule has 0 aliphatic carbocycles. The Morgan fingerprint density at radius 2 is 1.91 bits per heavy atom. The van der Waals surface area contributed by atoms with Gasteiger partial charge in [0.25, 0.3) is 0 Å². The van der Waals surface area contributed by atoms with Crippen molar-refractivity contribution in [1.82, 2.24) is 10.9 Å². The fourth-order valence-corrected chi connectivity index (χ4v) is 0.315. The lowest BCUT2D eigenvalue weighted by Crippen LogP contribution is -2.42. The molecule has 2 amide bonds. The first-order chi connectivity index (χ1) is 5.07. The topological polar surface area (TPSA) is 67.4 Å². The van der Waals surface area contributed by atoms with E-state index >= 15 is 0 Å². The van der Waals surface area contributed by atoms with Gasteiger partial charge in [0.1, 0.15) is 11.9 Å². The Hall–Kier alpha value is -0.970. The Morgan fingerprint density at radius 3 is 2.27 bits per heavy atom. The molecule has 0 rings (SSSR count). The molecule has 0 aromatic rings. The lowest BCUT2D eigenvalue weighted by molar-refractivity contribution is -0.124. The van der Waals surface area contributed by atoms with Gasteiger partial charge in [-0.15, -0.1) is 0 Å². The zero-order chi connectivity index (χ0) is 8.85. The van der Waals surface area contributed by atoms with Crippen molar-refractivity contribution in [2.75, 3.05) is 0 Å². The van der Waals surface area contributed by atoms with Gasteiger partial charge in [-0.2, -0.15) is 0 Å². The van der Waals surface area contributed by atoms with Gasteiger partial charge in [0.2, 0.25) is 5.91 Å². The number of nitrogens with one attached hydrogen (secondary N) is 2. The summed E-state index contributed by atoms with van der Waals surface area (Å²) in [5.74, 6) is -0.516. The second-order valence-corrected chi connectivity index (χ2v) is 2.29. The minimum atomic E-state index is -0.916. The largest absolute Gasteiger partial charge is 0.444 e. The second kappa shape index (κ2) is 4.79. The van der Waals surface area contributed by atoms with Crippen molar-refractivity contribution in [1.29, 1.82) is 0 Å². The molecule has 5 nitrogen and oxygen atoms in total. The summed E-state index contributed by atoms with van der Waals surface area (Å²) in [6.07, 6.45) is -0.916. The molecule has 0 aromatic heterocycles. The van der Waals surface area contributed by atoms with Crippen LogP contribution in [-0.2, 0) is 9.08 Å². The Balaban J connectivity index is 3.54. The third kappa shape index (κ3) is 4.44. The van der Waals surface area contributed by atoms with Crippen molar-refractivity contribution in [2.45, 2.75) is 13.8 Å². The smallest absolute Gasteiger partial charge is 0.329 e. The third-order valence-corrected chi connectivity index (χ3v) is 1.02. The summed E-state index contributed by atoms with van der Waals surface area (Å²) >= 11 is 4.65. The van der Waals surface area contributed by atoms with E-state index in [-0.39, 0.29) is 11.8 Å². The summed E-state index contributed by atoms with van der Waals surface area (Å²) in [4.78, 5) is 21.0. The van der Waals surface area contributed by atoms with E-state index in [2.05, 4.69) is 21.6 Å². The van der Waals surface area contributed by atoms with Crippen LogP contribution in [-0.4, -0.2) is 12.0 Å². The molecule has 0 bridgehead atoms. The predicted molar refractivity (Wildman–Crippen MR) is 38.5 cm³/mol. The summed E-state index contributed by atoms with van der Waals surface area (Å²) in [6.45, 7) is 3.37. The molecule has 0 aromatic carbocycles. The van der Waals surface area contributed by atoms with Gasteiger partial charge in [0, 0.05) is 5.92 Å². The Morgan fingerprint density at radius 1 is 1.36 bits per heavy atom.